The monoisotopic (exact) mass is 414 g/mol. The fraction of sp³-hybridized carbons (Fsp3) is 0.421. The lowest BCUT2D eigenvalue weighted by atomic mass is 10.1. The van der Waals surface area contributed by atoms with E-state index in [1.165, 1.54) is 17.3 Å². The average Bonchev–Trinajstić information content (AvgIpc) is 3.07. The Morgan fingerprint density at radius 2 is 1.72 bits per heavy atom. The van der Waals surface area contributed by atoms with Gasteiger partial charge in [-0.2, -0.15) is 9.97 Å². The second-order valence-corrected chi connectivity index (χ2v) is 7.60. The Morgan fingerprint density at radius 1 is 1.03 bits per heavy atom. The number of carbonyl (C=O) groups excluding carboxylic acids is 1. The molecule has 0 aliphatic carbocycles. The number of aryl methyl sites for hydroxylation is 3. The zero-order chi connectivity index (χ0) is 21.0. The summed E-state index contributed by atoms with van der Waals surface area (Å²) in [6, 6.07) is 4.12. The molecule has 3 N–H and O–H groups in total. The van der Waals surface area contributed by atoms with Gasteiger partial charge in [0.05, 0.1) is 5.75 Å². The van der Waals surface area contributed by atoms with Crippen molar-refractivity contribution in [2.75, 3.05) is 34.8 Å². The average molecular weight is 415 g/mol. The summed E-state index contributed by atoms with van der Waals surface area (Å²) in [5.74, 6) is 1.61. The molecule has 0 radical (unpaired) electrons. The number of hydrogen-bond donors (Lipinski definition) is 3. The second-order valence-electron chi connectivity index (χ2n) is 6.66. The Balaban J connectivity index is 1.77. The van der Waals surface area contributed by atoms with E-state index in [9.17, 15) is 4.79 Å². The van der Waals surface area contributed by atoms with Crippen molar-refractivity contribution in [1.29, 1.82) is 0 Å². The minimum atomic E-state index is -0.100. The van der Waals surface area contributed by atoms with E-state index in [4.69, 9.17) is 0 Å². The number of nitrogens with one attached hydrogen (secondary N) is 3. The van der Waals surface area contributed by atoms with Gasteiger partial charge in [-0.15, -0.1) is 10.2 Å². The highest BCUT2D eigenvalue weighted by molar-refractivity contribution is 7.99. The van der Waals surface area contributed by atoms with Gasteiger partial charge in [-0.1, -0.05) is 29.5 Å². The number of nitrogens with zero attached hydrogens (tertiary/aromatic N) is 5. The van der Waals surface area contributed by atoms with Crippen LogP contribution in [0.5, 0.6) is 0 Å². The minimum Gasteiger partial charge on any atom is -0.355 e. The van der Waals surface area contributed by atoms with Gasteiger partial charge in [-0.3, -0.25) is 4.79 Å². The summed E-state index contributed by atoms with van der Waals surface area (Å²) < 4.78 is 1.73. The van der Waals surface area contributed by atoms with Gasteiger partial charge in [0.2, 0.25) is 17.8 Å². The van der Waals surface area contributed by atoms with Crippen LogP contribution in [0, 0.1) is 20.8 Å². The molecule has 0 bridgehead atoms. The normalized spacial score (nSPS) is 10.9. The van der Waals surface area contributed by atoms with Crippen LogP contribution in [0.25, 0.3) is 5.78 Å². The van der Waals surface area contributed by atoms with Gasteiger partial charge in [-0.25, -0.2) is 4.40 Å². The molecule has 0 saturated heterocycles. The Bertz CT molecular complexity index is 1010. The molecule has 10 heteroatoms. The largest absolute Gasteiger partial charge is 0.355 e. The fourth-order valence-electron chi connectivity index (χ4n) is 3.08. The molecule has 0 unspecified atom stereocenters. The molecule has 1 amide bonds. The first-order valence-corrected chi connectivity index (χ1v) is 10.5. The number of benzene rings is 1. The zero-order valence-electron chi connectivity index (χ0n) is 17.3. The SMILES string of the molecule is CCNc1nc(NCC)n2c(SCC(=O)Nc3c(C)cc(C)cc3C)nnc2n1. The number of aromatic nitrogens is 5. The molecule has 2 heterocycles. The van der Waals surface area contributed by atoms with Crippen LogP contribution in [0.4, 0.5) is 17.6 Å². The van der Waals surface area contributed by atoms with Crippen LogP contribution < -0.4 is 16.0 Å². The van der Waals surface area contributed by atoms with Gasteiger partial charge in [0.15, 0.2) is 5.16 Å². The number of thioether (sulfide) groups is 1. The first-order valence-electron chi connectivity index (χ1n) is 9.54. The van der Waals surface area contributed by atoms with E-state index in [-0.39, 0.29) is 11.7 Å². The van der Waals surface area contributed by atoms with Crippen molar-refractivity contribution >= 4 is 41.0 Å². The molecule has 0 aliphatic heterocycles. The molecule has 3 aromatic rings. The van der Waals surface area contributed by atoms with Crippen LogP contribution in [0.2, 0.25) is 0 Å². The lowest BCUT2D eigenvalue weighted by Gasteiger charge is -2.13. The number of carbonyl (C=O) groups is 1. The number of hydrogen-bond acceptors (Lipinski definition) is 8. The molecule has 3 rings (SSSR count). The van der Waals surface area contributed by atoms with E-state index in [2.05, 4.69) is 48.2 Å². The molecule has 0 saturated carbocycles. The summed E-state index contributed by atoms with van der Waals surface area (Å²) in [6.45, 7) is 11.4. The molecular formula is C19H26N8OS. The standard InChI is InChI=1S/C19H26N8OS/c1-6-20-16-23-17(21-7-2)27-18(24-16)25-26-19(27)29-10-14(28)22-15-12(4)8-11(3)9-13(15)5/h8-9H,6-7,10H2,1-5H3,(H,22,28)(H2,20,21,23,24,25). The smallest absolute Gasteiger partial charge is 0.261 e. The van der Waals surface area contributed by atoms with Crippen LogP contribution in [0.3, 0.4) is 0 Å². The van der Waals surface area contributed by atoms with Crippen molar-refractivity contribution in [1.82, 2.24) is 24.6 Å². The molecular weight excluding hydrogens is 388 g/mol. The topological polar surface area (TPSA) is 109 Å². The molecule has 0 fully saturated rings. The third-order valence-corrected chi connectivity index (χ3v) is 5.12. The van der Waals surface area contributed by atoms with Gasteiger partial charge in [-0.05, 0) is 45.7 Å². The maximum Gasteiger partial charge on any atom is 0.261 e. The van der Waals surface area contributed by atoms with Crippen LogP contribution in [0.1, 0.15) is 30.5 Å². The summed E-state index contributed by atoms with van der Waals surface area (Å²) in [7, 11) is 0. The molecule has 0 aliphatic rings. The van der Waals surface area contributed by atoms with Crippen molar-refractivity contribution < 1.29 is 4.79 Å². The van der Waals surface area contributed by atoms with Crippen molar-refractivity contribution in [3.8, 4) is 0 Å². The van der Waals surface area contributed by atoms with Crippen LogP contribution in [-0.2, 0) is 4.79 Å². The van der Waals surface area contributed by atoms with Crippen LogP contribution in [0.15, 0.2) is 17.3 Å². The molecule has 9 nitrogen and oxygen atoms in total. The highest BCUT2D eigenvalue weighted by Crippen LogP contribution is 2.24. The Kier molecular flexibility index (Phi) is 6.53. The van der Waals surface area contributed by atoms with Gasteiger partial charge in [0.1, 0.15) is 0 Å². The molecule has 0 atom stereocenters. The number of fused-ring (bicyclic) bond motifs is 1. The van der Waals surface area contributed by atoms with E-state index < -0.39 is 0 Å². The molecule has 2 aromatic heterocycles. The summed E-state index contributed by atoms with van der Waals surface area (Å²) in [4.78, 5) is 21.4. The molecule has 1 aromatic carbocycles. The van der Waals surface area contributed by atoms with Gasteiger partial charge >= 0.3 is 0 Å². The maximum atomic E-state index is 12.5. The van der Waals surface area contributed by atoms with Gasteiger partial charge < -0.3 is 16.0 Å². The summed E-state index contributed by atoms with van der Waals surface area (Å²) in [5.41, 5.74) is 4.13. The van der Waals surface area contributed by atoms with E-state index in [0.29, 0.717) is 35.9 Å². The Labute approximate surface area is 174 Å². The lowest BCUT2D eigenvalue weighted by molar-refractivity contribution is -0.113. The highest BCUT2D eigenvalue weighted by Gasteiger charge is 2.16. The third-order valence-electron chi connectivity index (χ3n) is 4.19. The fourth-order valence-corrected chi connectivity index (χ4v) is 3.81. The van der Waals surface area contributed by atoms with Crippen molar-refractivity contribution in [2.45, 2.75) is 39.8 Å². The van der Waals surface area contributed by atoms with Gasteiger partial charge in [0.25, 0.3) is 5.78 Å². The van der Waals surface area contributed by atoms with E-state index in [0.717, 1.165) is 16.8 Å². The van der Waals surface area contributed by atoms with Crippen LogP contribution >= 0.6 is 11.8 Å². The van der Waals surface area contributed by atoms with E-state index in [1.807, 2.05) is 34.6 Å². The zero-order valence-corrected chi connectivity index (χ0v) is 18.1. The highest BCUT2D eigenvalue weighted by atomic mass is 32.2. The minimum absolute atomic E-state index is 0.100. The number of anilines is 3. The Hall–Kier alpha value is -2.88. The Morgan fingerprint density at radius 3 is 2.38 bits per heavy atom. The summed E-state index contributed by atoms with van der Waals surface area (Å²) in [5, 5.41) is 18.2. The van der Waals surface area contributed by atoms with Crippen molar-refractivity contribution in [3.05, 3.63) is 28.8 Å². The molecule has 154 valence electrons. The predicted molar refractivity (Wildman–Crippen MR) is 117 cm³/mol. The first-order chi connectivity index (χ1) is 13.9. The predicted octanol–water partition coefficient (Wildman–Crippen LogP) is 3.04. The van der Waals surface area contributed by atoms with E-state index >= 15 is 0 Å². The second kappa shape index (κ2) is 9.08. The summed E-state index contributed by atoms with van der Waals surface area (Å²) >= 11 is 1.29. The van der Waals surface area contributed by atoms with Crippen LogP contribution in [-0.4, -0.2) is 49.3 Å². The summed E-state index contributed by atoms with van der Waals surface area (Å²) in [6.07, 6.45) is 0. The number of amides is 1. The van der Waals surface area contributed by atoms with Crippen molar-refractivity contribution in [2.24, 2.45) is 0 Å². The van der Waals surface area contributed by atoms with E-state index in [1.54, 1.807) is 4.40 Å². The molecule has 29 heavy (non-hydrogen) atoms. The van der Waals surface area contributed by atoms with Crippen molar-refractivity contribution in [3.63, 3.8) is 0 Å². The maximum absolute atomic E-state index is 12.5. The number of rotatable bonds is 8. The third kappa shape index (κ3) is 4.76. The quantitative estimate of drug-likeness (QED) is 0.483. The molecule has 0 spiro atoms. The van der Waals surface area contributed by atoms with Gasteiger partial charge in [0, 0.05) is 18.8 Å². The lowest BCUT2D eigenvalue weighted by Crippen LogP contribution is -2.16. The first kappa shape index (κ1) is 20.8.